The van der Waals surface area contributed by atoms with E-state index < -0.39 is 17.4 Å². The molecule has 1 fully saturated rings. The van der Waals surface area contributed by atoms with Crippen molar-refractivity contribution >= 4 is 11.9 Å². The van der Waals surface area contributed by atoms with Crippen LogP contribution >= 0.6 is 0 Å². The number of hydrogen-bond acceptors (Lipinski definition) is 3. The van der Waals surface area contributed by atoms with Crippen LogP contribution in [0.1, 0.15) is 18.9 Å². The zero-order chi connectivity index (χ0) is 17.0. The molecule has 7 heteroatoms. The number of nitrogens with zero attached hydrogens (tertiary/aromatic N) is 2. The average Bonchev–Trinajstić information content (AvgIpc) is 2.80. The minimum absolute atomic E-state index is 0.198. The van der Waals surface area contributed by atoms with E-state index in [4.69, 9.17) is 10.5 Å². The van der Waals surface area contributed by atoms with Crippen molar-refractivity contribution in [3.8, 4) is 0 Å². The first-order valence-corrected chi connectivity index (χ1v) is 7.54. The Balaban J connectivity index is 2.23. The van der Waals surface area contributed by atoms with Crippen molar-refractivity contribution in [3.05, 3.63) is 35.6 Å². The summed E-state index contributed by atoms with van der Waals surface area (Å²) in [5, 5.41) is 0. The van der Waals surface area contributed by atoms with Gasteiger partial charge in [-0.25, -0.2) is 9.18 Å². The Hall–Kier alpha value is -2.15. The number of hydrogen-bond donors (Lipinski definition) is 1. The number of rotatable bonds is 3. The molecule has 0 radical (unpaired) electrons. The van der Waals surface area contributed by atoms with Crippen molar-refractivity contribution in [3.63, 3.8) is 0 Å². The predicted molar refractivity (Wildman–Crippen MR) is 83.1 cm³/mol. The van der Waals surface area contributed by atoms with Crippen molar-refractivity contribution in [2.75, 3.05) is 33.3 Å². The minimum Gasteiger partial charge on any atom is -0.364 e. The summed E-state index contributed by atoms with van der Waals surface area (Å²) < 4.78 is 19.5. The van der Waals surface area contributed by atoms with Crippen LogP contribution in [-0.4, -0.2) is 55.0 Å². The summed E-state index contributed by atoms with van der Waals surface area (Å²) in [5.74, 6) is -0.810. The van der Waals surface area contributed by atoms with E-state index in [1.807, 2.05) is 0 Å². The van der Waals surface area contributed by atoms with E-state index in [-0.39, 0.29) is 11.5 Å². The Morgan fingerprint density at radius 2 is 1.78 bits per heavy atom. The summed E-state index contributed by atoms with van der Waals surface area (Å²) in [6.07, 6.45) is 0.617. The molecule has 0 unspecified atom stereocenters. The lowest BCUT2D eigenvalue weighted by Crippen LogP contribution is -2.48. The Bertz CT molecular complexity index is 596. The zero-order valence-electron chi connectivity index (χ0n) is 13.4. The number of carbonyl (C=O) groups is 2. The molecule has 0 aliphatic carbocycles. The standard InChI is InChI=1S/C16H22FN3O3/c1-16(23-2,12-6-3-4-7-13(12)17)14(21)19-8-5-9-20(11-10-19)15(18)22/h3-4,6-7H,5,8-11H2,1-2H3,(H2,18,22)/t16-/m0/s1. The molecule has 1 saturated heterocycles. The van der Waals surface area contributed by atoms with E-state index in [2.05, 4.69) is 0 Å². The lowest BCUT2D eigenvalue weighted by molar-refractivity contribution is -0.154. The van der Waals surface area contributed by atoms with Crippen molar-refractivity contribution in [1.29, 1.82) is 0 Å². The molecular weight excluding hydrogens is 301 g/mol. The van der Waals surface area contributed by atoms with Gasteiger partial charge in [-0.15, -0.1) is 0 Å². The predicted octanol–water partition coefficient (Wildman–Crippen LogP) is 1.30. The molecule has 1 aromatic rings. The summed E-state index contributed by atoms with van der Waals surface area (Å²) in [7, 11) is 1.39. The SMILES string of the molecule is CO[C@](C)(C(=O)N1CCCN(C(N)=O)CC1)c1ccccc1F. The zero-order valence-corrected chi connectivity index (χ0v) is 13.4. The molecule has 0 spiro atoms. The Morgan fingerprint density at radius 3 is 2.39 bits per heavy atom. The van der Waals surface area contributed by atoms with Crippen molar-refractivity contribution in [1.82, 2.24) is 9.80 Å². The van der Waals surface area contributed by atoms with Gasteiger partial charge in [0.1, 0.15) is 5.82 Å². The van der Waals surface area contributed by atoms with Gasteiger partial charge >= 0.3 is 6.03 Å². The Morgan fingerprint density at radius 1 is 1.17 bits per heavy atom. The van der Waals surface area contributed by atoms with Gasteiger partial charge < -0.3 is 20.3 Å². The fraction of sp³-hybridized carbons (Fsp3) is 0.500. The molecule has 0 saturated carbocycles. The molecule has 1 aromatic carbocycles. The van der Waals surface area contributed by atoms with Gasteiger partial charge in [-0.1, -0.05) is 18.2 Å². The van der Waals surface area contributed by atoms with E-state index in [0.717, 1.165) is 0 Å². The molecule has 2 rings (SSSR count). The number of urea groups is 1. The largest absolute Gasteiger partial charge is 0.364 e. The van der Waals surface area contributed by atoms with Crippen molar-refractivity contribution < 1.29 is 18.7 Å². The maximum atomic E-state index is 14.1. The number of ether oxygens (including phenoxy) is 1. The second-order valence-corrected chi connectivity index (χ2v) is 5.69. The molecule has 0 aromatic heterocycles. The van der Waals surface area contributed by atoms with Crippen LogP contribution < -0.4 is 5.73 Å². The van der Waals surface area contributed by atoms with Crippen LogP contribution in [0.2, 0.25) is 0 Å². The average molecular weight is 323 g/mol. The highest BCUT2D eigenvalue weighted by Crippen LogP contribution is 2.29. The summed E-state index contributed by atoms with van der Waals surface area (Å²) >= 11 is 0. The van der Waals surface area contributed by atoms with Crippen LogP contribution in [0.4, 0.5) is 9.18 Å². The topological polar surface area (TPSA) is 75.9 Å². The molecule has 1 atom stereocenters. The molecule has 2 N–H and O–H groups in total. The van der Waals surface area contributed by atoms with E-state index in [1.165, 1.54) is 18.1 Å². The molecular formula is C16H22FN3O3. The van der Waals surface area contributed by atoms with E-state index in [0.29, 0.717) is 32.6 Å². The fourth-order valence-electron chi connectivity index (χ4n) is 2.80. The molecule has 1 aliphatic rings. The maximum Gasteiger partial charge on any atom is 0.314 e. The first-order valence-electron chi connectivity index (χ1n) is 7.54. The maximum absolute atomic E-state index is 14.1. The van der Waals surface area contributed by atoms with Gasteiger partial charge in [0.05, 0.1) is 0 Å². The van der Waals surface area contributed by atoms with Gasteiger partial charge in [-0.05, 0) is 19.4 Å². The lowest BCUT2D eigenvalue weighted by Gasteiger charge is -2.33. The van der Waals surface area contributed by atoms with E-state index in [9.17, 15) is 14.0 Å². The first kappa shape index (κ1) is 17.2. The van der Waals surface area contributed by atoms with Crippen LogP contribution in [0.25, 0.3) is 0 Å². The second kappa shape index (κ2) is 6.95. The quantitative estimate of drug-likeness (QED) is 0.911. The van der Waals surface area contributed by atoms with Crippen molar-refractivity contribution in [2.45, 2.75) is 18.9 Å². The van der Waals surface area contributed by atoms with Crippen LogP contribution in [0.15, 0.2) is 24.3 Å². The fourth-order valence-corrected chi connectivity index (χ4v) is 2.80. The highest BCUT2D eigenvalue weighted by molar-refractivity contribution is 5.86. The lowest BCUT2D eigenvalue weighted by atomic mass is 9.93. The van der Waals surface area contributed by atoms with Gasteiger partial charge in [0.25, 0.3) is 5.91 Å². The molecule has 3 amide bonds. The van der Waals surface area contributed by atoms with Crippen molar-refractivity contribution in [2.24, 2.45) is 5.73 Å². The monoisotopic (exact) mass is 323 g/mol. The number of nitrogens with two attached hydrogens (primary N) is 1. The molecule has 1 aliphatic heterocycles. The van der Waals surface area contributed by atoms with Crippen LogP contribution in [-0.2, 0) is 15.1 Å². The van der Waals surface area contributed by atoms with Gasteiger partial charge in [0, 0.05) is 38.9 Å². The highest BCUT2D eigenvalue weighted by atomic mass is 19.1. The number of primary amides is 1. The number of amides is 3. The summed E-state index contributed by atoms with van der Waals surface area (Å²) in [4.78, 5) is 27.3. The normalized spacial score (nSPS) is 18.2. The third kappa shape index (κ3) is 3.44. The van der Waals surface area contributed by atoms with Gasteiger partial charge in [0.15, 0.2) is 5.60 Å². The molecule has 6 nitrogen and oxygen atoms in total. The molecule has 0 bridgehead atoms. The molecule has 1 heterocycles. The Kier molecular flexibility index (Phi) is 5.20. The minimum atomic E-state index is -1.41. The Labute approximate surface area is 135 Å². The number of carbonyl (C=O) groups excluding carboxylic acids is 2. The van der Waals surface area contributed by atoms with Crippen LogP contribution in [0, 0.1) is 5.82 Å². The number of halogens is 1. The second-order valence-electron chi connectivity index (χ2n) is 5.69. The summed E-state index contributed by atoms with van der Waals surface area (Å²) in [5.41, 5.74) is 4.08. The first-order chi connectivity index (χ1) is 10.9. The third-order valence-corrected chi connectivity index (χ3v) is 4.30. The summed E-state index contributed by atoms with van der Waals surface area (Å²) in [6.45, 7) is 3.23. The summed E-state index contributed by atoms with van der Waals surface area (Å²) in [6, 6.07) is 5.58. The van der Waals surface area contributed by atoms with Gasteiger partial charge in [-0.2, -0.15) is 0 Å². The molecule has 23 heavy (non-hydrogen) atoms. The third-order valence-electron chi connectivity index (χ3n) is 4.30. The smallest absolute Gasteiger partial charge is 0.314 e. The number of benzene rings is 1. The van der Waals surface area contributed by atoms with Crippen LogP contribution in [0.3, 0.4) is 0 Å². The highest BCUT2D eigenvalue weighted by Gasteiger charge is 2.41. The van der Waals surface area contributed by atoms with E-state index in [1.54, 1.807) is 30.0 Å². The molecule has 126 valence electrons. The van der Waals surface area contributed by atoms with Crippen LogP contribution in [0.5, 0.6) is 0 Å². The van der Waals surface area contributed by atoms with E-state index >= 15 is 0 Å². The van der Waals surface area contributed by atoms with Gasteiger partial charge in [0.2, 0.25) is 0 Å². The number of methoxy groups -OCH3 is 1. The van der Waals surface area contributed by atoms with Gasteiger partial charge in [-0.3, -0.25) is 4.79 Å².